The van der Waals surface area contributed by atoms with E-state index in [1.54, 1.807) is 24.3 Å². The summed E-state index contributed by atoms with van der Waals surface area (Å²) in [5.74, 6) is -0.477. The molecule has 0 radical (unpaired) electrons. The molecule has 1 aliphatic heterocycles. The highest BCUT2D eigenvalue weighted by Crippen LogP contribution is 2.17. The van der Waals surface area contributed by atoms with Gasteiger partial charge in [0.05, 0.1) is 19.4 Å². The minimum Gasteiger partial charge on any atom is -0.379 e. The number of anilines is 1. The Hall–Kier alpha value is -3.35. The van der Waals surface area contributed by atoms with Crippen molar-refractivity contribution in [2.75, 3.05) is 32.0 Å². The second-order valence-corrected chi connectivity index (χ2v) is 6.85. The van der Waals surface area contributed by atoms with Crippen molar-refractivity contribution in [2.45, 2.75) is 6.54 Å². The lowest BCUT2D eigenvalue weighted by Gasteiger charge is -2.25. The molecule has 30 heavy (non-hydrogen) atoms. The molecule has 0 atom stereocenters. The Kier molecular flexibility index (Phi) is 5.97. The number of aromatic nitrogens is 5. The third-order valence-electron chi connectivity index (χ3n) is 4.38. The third-order valence-corrected chi connectivity index (χ3v) is 4.63. The summed E-state index contributed by atoms with van der Waals surface area (Å²) in [4.78, 5) is 15.0. The summed E-state index contributed by atoms with van der Waals surface area (Å²) in [6.07, 6.45) is 1.50. The number of carbonyl (C=O) groups is 1. The van der Waals surface area contributed by atoms with E-state index in [4.69, 9.17) is 22.1 Å². The van der Waals surface area contributed by atoms with E-state index in [-0.39, 0.29) is 17.3 Å². The molecule has 1 fully saturated rings. The van der Waals surface area contributed by atoms with Gasteiger partial charge < -0.3 is 10.5 Å². The van der Waals surface area contributed by atoms with Crippen LogP contribution in [0.2, 0.25) is 5.02 Å². The van der Waals surface area contributed by atoms with Crippen LogP contribution in [0.3, 0.4) is 0 Å². The molecule has 1 aliphatic rings. The average molecular weight is 432 g/mol. The van der Waals surface area contributed by atoms with Crippen LogP contribution < -0.4 is 11.2 Å². The summed E-state index contributed by atoms with van der Waals surface area (Å²) in [6.45, 7) is 3.06. The van der Waals surface area contributed by atoms with Crippen molar-refractivity contribution in [3.8, 4) is 5.82 Å². The second kappa shape index (κ2) is 8.98. The zero-order valence-corrected chi connectivity index (χ0v) is 16.5. The number of carbonyl (C=O) groups excluding carboxylic acids is 1. The van der Waals surface area contributed by atoms with Crippen LogP contribution >= 0.6 is 11.6 Å². The van der Waals surface area contributed by atoms with Crippen molar-refractivity contribution in [1.29, 1.82) is 0 Å². The van der Waals surface area contributed by atoms with E-state index in [1.807, 2.05) is 0 Å². The summed E-state index contributed by atoms with van der Waals surface area (Å²) >= 11 is 5.87. The van der Waals surface area contributed by atoms with Gasteiger partial charge in [0.1, 0.15) is 5.69 Å². The van der Waals surface area contributed by atoms with Gasteiger partial charge in [-0.2, -0.15) is 9.78 Å². The van der Waals surface area contributed by atoms with Gasteiger partial charge in [-0.05, 0) is 28.0 Å². The van der Waals surface area contributed by atoms with E-state index < -0.39 is 5.91 Å². The number of nitrogens with zero attached hydrogens (tertiary/aromatic N) is 7. The van der Waals surface area contributed by atoms with Crippen LogP contribution in [-0.4, -0.2) is 68.6 Å². The Balaban J connectivity index is 1.58. The number of hydrogen-bond donors (Lipinski definition) is 2. The average Bonchev–Trinajstić information content (AvgIpc) is 3.36. The number of hydrazone groups is 1. The van der Waals surface area contributed by atoms with E-state index in [0.29, 0.717) is 30.5 Å². The fourth-order valence-corrected chi connectivity index (χ4v) is 3.00. The van der Waals surface area contributed by atoms with Crippen LogP contribution in [0.25, 0.3) is 5.82 Å². The first-order chi connectivity index (χ1) is 14.6. The monoisotopic (exact) mass is 431 g/mol. The smallest absolute Gasteiger partial charge is 0.292 e. The molecule has 4 rings (SSSR count). The maximum absolute atomic E-state index is 12.9. The van der Waals surface area contributed by atoms with Crippen molar-refractivity contribution in [3.05, 3.63) is 46.2 Å². The lowest BCUT2D eigenvalue weighted by Crippen LogP contribution is -2.36. The Morgan fingerprint density at radius 1 is 1.27 bits per heavy atom. The van der Waals surface area contributed by atoms with E-state index in [0.717, 1.165) is 18.7 Å². The van der Waals surface area contributed by atoms with Crippen molar-refractivity contribution in [1.82, 2.24) is 35.6 Å². The predicted octanol–water partition coefficient (Wildman–Crippen LogP) is 0.482. The normalized spacial score (nSPS) is 15.0. The van der Waals surface area contributed by atoms with Gasteiger partial charge in [0.15, 0.2) is 5.69 Å². The van der Waals surface area contributed by atoms with Gasteiger partial charge >= 0.3 is 0 Å². The van der Waals surface area contributed by atoms with E-state index in [2.05, 4.69) is 40.7 Å². The standard InChI is InChI=1S/C17H18ClN9O3/c18-12-3-1-11(2-4-12)9-20-22-17(28)14-13(10-26-5-7-29-8-6-26)21-25-27(14)16-15(19)23-30-24-16/h1-4,9H,5-8,10H2,(H2,19,23)(H,22,28)/b20-9+. The second-order valence-electron chi connectivity index (χ2n) is 6.41. The minimum absolute atomic E-state index is 0.0171. The van der Waals surface area contributed by atoms with Crippen LogP contribution in [0, 0.1) is 0 Å². The SMILES string of the molecule is Nc1nonc1-n1nnc(CN2CCOCC2)c1C(=O)N/N=C/c1ccc(Cl)cc1. The summed E-state index contributed by atoms with van der Waals surface area (Å²) < 4.78 is 11.2. The lowest BCUT2D eigenvalue weighted by molar-refractivity contribution is 0.0335. The largest absolute Gasteiger partial charge is 0.379 e. The van der Waals surface area contributed by atoms with E-state index >= 15 is 0 Å². The van der Waals surface area contributed by atoms with Gasteiger partial charge in [-0.3, -0.25) is 9.69 Å². The van der Waals surface area contributed by atoms with Crippen LogP contribution in [-0.2, 0) is 11.3 Å². The maximum Gasteiger partial charge on any atom is 0.292 e. The third kappa shape index (κ3) is 4.45. The van der Waals surface area contributed by atoms with Crippen molar-refractivity contribution in [3.63, 3.8) is 0 Å². The van der Waals surface area contributed by atoms with Crippen molar-refractivity contribution >= 4 is 29.5 Å². The van der Waals surface area contributed by atoms with Gasteiger partial charge in [0, 0.05) is 24.7 Å². The van der Waals surface area contributed by atoms with E-state index in [1.165, 1.54) is 10.9 Å². The molecule has 3 heterocycles. The molecule has 156 valence electrons. The Bertz CT molecular complexity index is 1040. The van der Waals surface area contributed by atoms with Crippen LogP contribution in [0.15, 0.2) is 34.0 Å². The van der Waals surface area contributed by atoms with Crippen molar-refractivity contribution in [2.24, 2.45) is 5.10 Å². The summed E-state index contributed by atoms with van der Waals surface area (Å²) in [5.41, 5.74) is 9.60. The van der Waals surface area contributed by atoms with Gasteiger partial charge in [0.25, 0.3) is 5.91 Å². The molecule has 0 aliphatic carbocycles. The molecule has 0 bridgehead atoms. The number of halogens is 1. The molecule has 12 nitrogen and oxygen atoms in total. The summed E-state index contributed by atoms with van der Waals surface area (Å²) in [5, 5.41) is 20.0. The molecule has 1 aromatic carbocycles. The lowest BCUT2D eigenvalue weighted by atomic mass is 10.2. The van der Waals surface area contributed by atoms with Gasteiger partial charge in [-0.15, -0.1) is 5.10 Å². The highest BCUT2D eigenvalue weighted by molar-refractivity contribution is 6.30. The first kappa shape index (κ1) is 19.9. The van der Waals surface area contributed by atoms with Crippen LogP contribution in [0.4, 0.5) is 5.82 Å². The number of hydrogen-bond acceptors (Lipinski definition) is 10. The Labute approximate surface area is 175 Å². The molecular weight excluding hydrogens is 414 g/mol. The van der Waals surface area contributed by atoms with Gasteiger partial charge in [-0.1, -0.05) is 28.9 Å². The number of amides is 1. The number of nitrogens with one attached hydrogen (secondary N) is 1. The molecule has 3 aromatic rings. The first-order valence-electron chi connectivity index (χ1n) is 9.04. The zero-order chi connectivity index (χ0) is 20.9. The summed E-state index contributed by atoms with van der Waals surface area (Å²) in [7, 11) is 0. The Morgan fingerprint density at radius 2 is 2.03 bits per heavy atom. The highest BCUT2D eigenvalue weighted by atomic mass is 35.5. The molecule has 0 spiro atoms. The van der Waals surface area contributed by atoms with Crippen LogP contribution in [0.1, 0.15) is 21.7 Å². The molecule has 13 heteroatoms. The topological polar surface area (TPSA) is 150 Å². The molecule has 1 amide bonds. The quantitative estimate of drug-likeness (QED) is 0.419. The molecule has 2 aromatic heterocycles. The zero-order valence-electron chi connectivity index (χ0n) is 15.7. The van der Waals surface area contributed by atoms with Gasteiger partial charge in [0.2, 0.25) is 11.6 Å². The van der Waals surface area contributed by atoms with Crippen molar-refractivity contribution < 1.29 is 14.2 Å². The molecule has 1 saturated heterocycles. The molecular formula is C17H18ClN9O3. The molecule has 0 saturated carbocycles. The maximum atomic E-state index is 12.9. The minimum atomic E-state index is -0.532. The summed E-state index contributed by atoms with van der Waals surface area (Å²) in [6, 6.07) is 7.00. The number of rotatable bonds is 6. The number of morpholine rings is 1. The Morgan fingerprint density at radius 3 is 2.73 bits per heavy atom. The number of ether oxygens (including phenoxy) is 1. The van der Waals surface area contributed by atoms with Gasteiger partial charge in [-0.25, -0.2) is 10.1 Å². The fraction of sp³-hybridized carbons (Fsp3) is 0.294. The highest BCUT2D eigenvalue weighted by Gasteiger charge is 2.26. The van der Waals surface area contributed by atoms with Crippen LogP contribution in [0.5, 0.6) is 0 Å². The number of nitrogens with two attached hydrogens (primary N) is 1. The van der Waals surface area contributed by atoms with E-state index in [9.17, 15) is 4.79 Å². The predicted molar refractivity (Wildman–Crippen MR) is 106 cm³/mol. The molecule has 3 N–H and O–H groups in total. The number of benzene rings is 1. The fourth-order valence-electron chi connectivity index (χ4n) is 2.87. The first-order valence-corrected chi connectivity index (χ1v) is 9.41. The number of nitrogen functional groups attached to an aromatic ring is 1. The molecule has 0 unspecified atom stereocenters.